The van der Waals surface area contributed by atoms with Gasteiger partial charge in [-0.15, -0.1) is 0 Å². The van der Waals surface area contributed by atoms with Crippen LogP contribution in [0.5, 0.6) is 5.75 Å². The second-order valence-corrected chi connectivity index (χ2v) is 10.3. The summed E-state index contributed by atoms with van der Waals surface area (Å²) in [5.74, 6) is 0.0107. The molecule has 0 saturated carbocycles. The summed E-state index contributed by atoms with van der Waals surface area (Å²) >= 11 is 0. The zero-order valence-corrected chi connectivity index (χ0v) is 23.1. The number of imidazole rings is 1. The number of anilines is 2. The fourth-order valence-electron chi connectivity index (χ4n) is 5.27. The molecule has 0 radical (unpaired) electrons. The van der Waals surface area contributed by atoms with E-state index in [-0.39, 0.29) is 11.9 Å². The van der Waals surface area contributed by atoms with Crippen LogP contribution in [0.4, 0.5) is 15.9 Å². The fourth-order valence-corrected chi connectivity index (χ4v) is 5.27. The van der Waals surface area contributed by atoms with Gasteiger partial charge in [0.25, 0.3) is 0 Å². The summed E-state index contributed by atoms with van der Waals surface area (Å²) in [5.41, 5.74) is 15.2. The first-order chi connectivity index (χ1) is 20.4. The Hall–Kier alpha value is -4.96. The van der Waals surface area contributed by atoms with Gasteiger partial charge in [0.15, 0.2) is 11.6 Å². The smallest absolute Gasteiger partial charge is 0.249 e. The van der Waals surface area contributed by atoms with Crippen molar-refractivity contribution in [1.29, 1.82) is 0 Å². The lowest BCUT2D eigenvalue weighted by Gasteiger charge is -2.23. The number of fused-ring (bicyclic) bond motifs is 1. The Balaban J connectivity index is 1.46. The average molecular weight is 567 g/mol. The molecule has 0 bridgehead atoms. The summed E-state index contributed by atoms with van der Waals surface area (Å²) in [6.07, 6.45) is 4.42. The Labute approximate surface area is 242 Å². The predicted octanol–water partition coefficient (Wildman–Crippen LogP) is 5.38. The molecule has 1 aliphatic heterocycles. The van der Waals surface area contributed by atoms with Crippen molar-refractivity contribution in [2.45, 2.75) is 31.9 Å². The maximum atomic E-state index is 16.4. The molecule has 1 fully saturated rings. The summed E-state index contributed by atoms with van der Waals surface area (Å²) in [5, 5.41) is 5.17. The average Bonchev–Trinajstić information content (AvgIpc) is 3.70. The minimum Gasteiger partial charge on any atom is -0.485 e. The van der Waals surface area contributed by atoms with Crippen molar-refractivity contribution in [3.63, 3.8) is 0 Å². The topological polar surface area (TPSA) is 141 Å². The Bertz CT molecular complexity index is 1770. The number of nitrogens with zero attached hydrogens (tertiary/aromatic N) is 2. The first kappa shape index (κ1) is 27.2. The molecule has 3 heterocycles. The van der Waals surface area contributed by atoms with Crippen LogP contribution in [0.15, 0.2) is 73.1 Å². The van der Waals surface area contributed by atoms with Crippen molar-refractivity contribution in [3.8, 4) is 17.0 Å². The number of aryl methyl sites for hydroxylation is 1. The lowest BCUT2D eigenvalue weighted by Crippen LogP contribution is -2.20. The normalized spacial score (nSPS) is 15.5. The number of aromatic nitrogens is 3. The highest BCUT2D eigenvalue weighted by atomic mass is 19.1. The number of halogens is 1. The number of hydrogen-bond acceptors (Lipinski definition) is 7. The van der Waals surface area contributed by atoms with E-state index >= 15 is 4.39 Å². The molecule has 42 heavy (non-hydrogen) atoms. The van der Waals surface area contributed by atoms with Crippen molar-refractivity contribution >= 4 is 28.2 Å². The minimum absolute atomic E-state index is 0.176. The summed E-state index contributed by atoms with van der Waals surface area (Å²) < 4.78 is 27.9. The van der Waals surface area contributed by atoms with Gasteiger partial charge in [-0.25, -0.2) is 14.4 Å². The van der Waals surface area contributed by atoms with Crippen LogP contribution in [-0.4, -0.2) is 40.2 Å². The van der Waals surface area contributed by atoms with Crippen LogP contribution < -0.4 is 21.5 Å². The van der Waals surface area contributed by atoms with Gasteiger partial charge in [-0.3, -0.25) is 4.79 Å². The van der Waals surface area contributed by atoms with E-state index in [1.54, 1.807) is 36.7 Å². The van der Waals surface area contributed by atoms with Gasteiger partial charge in [-0.1, -0.05) is 31.2 Å². The largest absolute Gasteiger partial charge is 0.485 e. The van der Waals surface area contributed by atoms with Gasteiger partial charge >= 0.3 is 0 Å². The number of nitrogens with two attached hydrogens (primary N) is 2. The number of rotatable bonds is 9. The van der Waals surface area contributed by atoms with Crippen LogP contribution in [0, 0.1) is 5.82 Å². The molecule has 2 aromatic heterocycles. The van der Waals surface area contributed by atoms with E-state index in [0.717, 1.165) is 22.0 Å². The van der Waals surface area contributed by atoms with E-state index in [2.05, 4.69) is 20.3 Å². The van der Waals surface area contributed by atoms with Crippen LogP contribution in [0.25, 0.3) is 22.0 Å². The third kappa shape index (κ3) is 5.36. The molecule has 10 heteroatoms. The van der Waals surface area contributed by atoms with Crippen molar-refractivity contribution in [1.82, 2.24) is 15.0 Å². The van der Waals surface area contributed by atoms with Gasteiger partial charge in [-0.2, -0.15) is 0 Å². The highest BCUT2D eigenvalue weighted by Gasteiger charge is 2.27. The van der Waals surface area contributed by atoms with Crippen LogP contribution >= 0.6 is 0 Å². The Morgan fingerprint density at radius 3 is 2.83 bits per heavy atom. The number of benzene rings is 3. The molecule has 6 N–H and O–H groups in total. The van der Waals surface area contributed by atoms with E-state index in [1.807, 2.05) is 43.3 Å². The number of nitrogens with one attached hydrogen (secondary N) is 2. The van der Waals surface area contributed by atoms with Gasteiger partial charge in [0.1, 0.15) is 23.8 Å². The number of primary amides is 1. The Kier molecular flexibility index (Phi) is 7.45. The van der Waals surface area contributed by atoms with Gasteiger partial charge in [0.2, 0.25) is 5.91 Å². The monoisotopic (exact) mass is 566 g/mol. The van der Waals surface area contributed by atoms with Crippen LogP contribution in [0.3, 0.4) is 0 Å². The first-order valence-electron chi connectivity index (χ1n) is 13.8. The molecular weight excluding hydrogens is 535 g/mol. The predicted molar refractivity (Wildman–Crippen MR) is 160 cm³/mol. The van der Waals surface area contributed by atoms with E-state index in [1.165, 1.54) is 0 Å². The van der Waals surface area contributed by atoms with Crippen LogP contribution in [0.1, 0.15) is 46.7 Å². The van der Waals surface area contributed by atoms with Crippen molar-refractivity contribution in [2.75, 3.05) is 24.3 Å². The number of H-pyrrole nitrogens is 1. The highest BCUT2D eigenvalue weighted by molar-refractivity contribution is 5.99. The third-order valence-electron chi connectivity index (χ3n) is 7.49. The van der Waals surface area contributed by atoms with E-state index in [0.29, 0.717) is 60.1 Å². The summed E-state index contributed by atoms with van der Waals surface area (Å²) in [4.78, 5) is 24.2. The lowest BCUT2D eigenvalue weighted by atomic mass is 9.99. The molecular formula is C32H31FN6O3. The Morgan fingerprint density at radius 2 is 2.05 bits per heavy atom. The second kappa shape index (κ2) is 11.5. The molecule has 1 saturated heterocycles. The van der Waals surface area contributed by atoms with Gasteiger partial charge < -0.3 is 31.2 Å². The number of hydrogen-bond donors (Lipinski definition) is 4. The molecule has 6 rings (SSSR count). The van der Waals surface area contributed by atoms with Crippen LogP contribution in [-0.2, 0) is 11.2 Å². The number of aromatic amines is 1. The number of pyridine rings is 1. The molecule has 1 aliphatic rings. The molecule has 0 aliphatic carbocycles. The van der Waals surface area contributed by atoms with Gasteiger partial charge in [0.05, 0.1) is 25.1 Å². The number of carbonyl (C=O) groups excluding carboxylic acids is 1. The van der Waals surface area contributed by atoms with E-state index < -0.39 is 17.8 Å². The standard InChI is InChI=1S/C32H31FN6O3/c1-2-18-13-25(28(33)27(14-18)42-21-10-12-41-17-21)29(38-20-7-8-22-19(15-20)9-11-36-30(22)34)32-37-16-26(39-32)23-5-3-4-6-24(23)31(35)40/h3-9,11,13-16,21,29,38H,2,10,12,17H2,1H3,(H2,34,36)(H2,35,40)(H,37,39)/t21-,29?/m1/s1. The first-order valence-corrected chi connectivity index (χ1v) is 13.8. The molecule has 1 unspecified atom stereocenters. The molecule has 5 aromatic rings. The summed E-state index contributed by atoms with van der Waals surface area (Å²) in [6.45, 7) is 3.01. The molecule has 9 nitrogen and oxygen atoms in total. The maximum absolute atomic E-state index is 16.4. The second-order valence-electron chi connectivity index (χ2n) is 10.3. The van der Waals surface area contributed by atoms with Gasteiger partial charge in [-0.05, 0) is 53.8 Å². The van der Waals surface area contributed by atoms with E-state index in [4.69, 9.17) is 20.9 Å². The summed E-state index contributed by atoms with van der Waals surface area (Å²) in [6, 6.07) is 17.4. The third-order valence-corrected chi connectivity index (χ3v) is 7.49. The molecule has 3 aromatic carbocycles. The van der Waals surface area contributed by atoms with Crippen molar-refractivity contribution in [3.05, 3.63) is 101 Å². The fraction of sp³-hybridized carbons (Fsp3) is 0.219. The quantitative estimate of drug-likeness (QED) is 0.188. The number of carbonyl (C=O) groups is 1. The number of nitrogen functional groups attached to an aromatic ring is 1. The molecule has 2 atom stereocenters. The van der Waals surface area contributed by atoms with Crippen molar-refractivity contribution < 1.29 is 18.7 Å². The highest BCUT2D eigenvalue weighted by Crippen LogP contribution is 2.36. The molecule has 1 amide bonds. The molecule has 0 spiro atoms. The lowest BCUT2D eigenvalue weighted by molar-refractivity contribution is 0.100. The van der Waals surface area contributed by atoms with Gasteiger partial charge in [0, 0.05) is 40.4 Å². The zero-order valence-electron chi connectivity index (χ0n) is 23.1. The van der Waals surface area contributed by atoms with Crippen molar-refractivity contribution in [2.24, 2.45) is 5.73 Å². The zero-order chi connectivity index (χ0) is 29.2. The minimum atomic E-state index is -0.746. The number of amides is 1. The van der Waals surface area contributed by atoms with E-state index in [9.17, 15) is 4.79 Å². The maximum Gasteiger partial charge on any atom is 0.249 e. The SMILES string of the molecule is CCc1cc(O[C@@H]2CCOC2)c(F)c(C(Nc2ccc3c(N)nccc3c2)c2ncc(-c3ccccc3C(N)=O)[nH]2)c1. The molecule has 214 valence electrons. The summed E-state index contributed by atoms with van der Waals surface area (Å²) in [7, 11) is 0. The number of ether oxygens (including phenoxy) is 2. The van der Waals surface area contributed by atoms with Crippen LogP contribution in [0.2, 0.25) is 0 Å². The Morgan fingerprint density at radius 1 is 1.19 bits per heavy atom.